The number of fused-ring (bicyclic) bond motifs is 2. The van der Waals surface area contributed by atoms with E-state index in [1.54, 1.807) is 0 Å². The van der Waals surface area contributed by atoms with Crippen LogP contribution in [-0.4, -0.2) is 26.4 Å². The Kier molecular flexibility index (Phi) is 19.0. The van der Waals surface area contributed by atoms with Gasteiger partial charge in [-0.1, -0.05) is 158 Å². The fourth-order valence-corrected chi connectivity index (χ4v) is 21.1. The molecule has 2 nitrogen and oxygen atoms in total. The third kappa shape index (κ3) is 13.3. The molecule has 20 atom stereocenters. The zero-order chi connectivity index (χ0) is 52.7. The first-order valence-corrected chi connectivity index (χ1v) is 33.6. The zero-order valence-corrected chi connectivity index (χ0v) is 51.7. The first-order valence-electron chi connectivity index (χ1n) is 33.6. The predicted octanol–water partition coefficient (Wildman–Crippen LogP) is 21.0. The maximum Gasteiger partial charge on any atom is 0.0606 e. The second-order valence-electron chi connectivity index (χ2n) is 33.4. The maximum atomic E-state index is 6.91. The van der Waals surface area contributed by atoms with Gasteiger partial charge in [0.2, 0.25) is 0 Å². The Hall–Kier alpha value is -0.600. The van der Waals surface area contributed by atoms with Gasteiger partial charge in [-0.25, -0.2) is 0 Å². The molecule has 9 saturated carbocycles. The number of methoxy groups -OCH3 is 2. The number of rotatable bonds is 10. The normalized spacial score (nSPS) is 43.1. The van der Waals surface area contributed by atoms with Gasteiger partial charge in [-0.15, -0.1) is 0 Å². The lowest BCUT2D eigenvalue weighted by Crippen LogP contribution is -2.52. The van der Waals surface area contributed by atoms with Crippen molar-refractivity contribution < 1.29 is 9.47 Å². The van der Waals surface area contributed by atoms with Crippen LogP contribution in [0, 0.1) is 128 Å². The van der Waals surface area contributed by atoms with Gasteiger partial charge in [-0.05, 0) is 269 Å². The highest BCUT2D eigenvalue weighted by Crippen LogP contribution is 2.59. The van der Waals surface area contributed by atoms with E-state index >= 15 is 0 Å². The second-order valence-corrected chi connectivity index (χ2v) is 33.4. The SMILES string of the molecule is COC1CC(C2CCC(C=C(C3CCCC(C(C)(C)C)C3)C3CCCC(C(C)(C)C)C3)C3CCCCC32)C(OC)CC1C1CCC(C=C(C2CCCC(C(C)(C)C)C2)C2CCCC(C(C)(C)C)C2)C2CCCCC21. The highest BCUT2D eigenvalue weighted by Gasteiger charge is 2.53. The molecule has 0 aromatic rings. The molecule has 0 radical (unpaired) electrons. The molecule has 0 saturated heterocycles. The lowest BCUT2D eigenvalue weighted by atomic mass is 9.52. The molecule has 9 aliphatic rings. The fourth-order valence-electron chi connectivity index (χ4n) is 21.1. The van der Waals surface area contributed by atoms with Gasteiger partial charge in [0.15, 0.2) is 0 Å². The molecule has 0 aromatic carbocycles. The average molecular weight is 1020 g/mol. The van der Waals surface area contributed by atoms with E-state index in [9.17, 15) is 0 Å². The van der Waals surface area contributed by atoms with Gasteiger partial charge in [0.25, 0.3) is 0 Å². The van der Waals surface area contributed by atoms with Crippen molar-refractivity contribution >= 4 is 0 Å². The summed E-state index contributed by atoms with van der Waals surface area (Å²) < 4.78 is 13.8. The molecular formula is C72H124O2. The van der Waals surface area contributed by atoms with Crippen molar-refractivity contribution in [1.29, 1.82) is 0 Å². The van der Waals surface area contributed by atoms with Crippen molar-refractivity contribution in [3.63, 3.8) is 0 Å². The molecule has 0 heterocycles. The third-order valence-electron chi connectivity index (χ3n) is 25.6. The lowest BCUT2D eigenvalue weighted by Gasteiger charge is -2.55. The average Bonchev–Trinajstić information content (AvgIpc) is 3.38. The van der Waals surface area contributed by atoms with Crippen molar-refractivity contribution in [3.05, 3.63) is 23.3 Å². The number of allylic oxidation sites excluding steroid dienone is 4. The van der Waals surface area contributed by atoms with Gasteiger partial charge in [0.1, 0.15) is 0 Å². The first kappa shape index (κ1) is 58.1. The number of hydrogen-bond donors (Lipinski definition) is 0. The molecule has 0 amide bonds. The van der Waals surface area contributed by atoms with Gasteiger partial charge < -0.3 is 9.47 Å². The topological polar surface area (TPSA) is 18.5 Å². The molecule has 424 valence electrons. The largest absolute Gasteiger partial charge is 0.381 e. The van der Waals surface area contributed by atoms with Gasteiger partial charge >= 0.3 is 0 Å². The minimum absolute atomic E-state index is 0.394. The summed E-state index contributed by atoms with van der Waals surface area (Å²) in [4.78, 5) is 0. The molecule has 0 aliphatic heterocycles. The molecule has 20 unspecified atom stereocenters. The third-order valence-corrected chi connectivity index (χ3v) is 25.6. The Morgan fingerprint density at radius 1 is 0.284 bits per heavy atom. The van der Waals surface area contributed by atoms with E-state index in [1.165, 1.54) is 193 Å². The van der Waals surface area contributed by atoms with Crippen LogP contribution in [0.3, 0.4) is 0 Å². The van der Waals surface area contributed by atoms with Crippen LogP contribution in [0.25, 0.3) is 0 Å². The lowest BCUT2D eigenvalue weighted by molar-refractivity contribution is -0.132. The minimum atomic E-state index is 0.394. The molecule has 0 spiro atoms. The standard InChI is InChI=1S/C72H124O2/c1-69(2,3)53-27-19-23-47(39-53)63(48-24-20-28-54(40-48)70(4,5)6)43-51-35-37-61(59-33-17-15-31-57(51)59)65-45-68(74-14)66(46-67(65)73-13)62-38-36-52(58-32-16-18-34-60(58)62)44-64(49-25-21-29-55(41-49)71(7,8)9)50-26-22-30-56(42-50)72(10,11)12/h43-44,47-62,65-68H,15-42,45-46H2,1-14H3. The van der Waals surface area contributed by atoms with Crippen LogP contribution in [0.15, 0.2) is 23.3 Å². The molecular weight excluding hydrogens is 897 g/mol. The predicted molar refractivity (Wildman–Crippen MR) is 317 cm³/mol. The van der Waals surface area contributed by atoms with E-state index in [-0.39, 0.29) is 0 Å². The first-order chi connectivity index (χ1) is 35.1. The van der Waals surface area contributed by atoms with Crippen molar-refractivity contribution in [2.75, 3.05) is 14.2 Å². The molecule has 0 aromatic heterocycles. The van der Waals surface area contributed by atoms with Crippen molar-refractivity contribution in [1.82, 2.24) is 0 Å². The van der Waals surface area contributed by atoms with Crippen molar-refractivity contribution in [2.45, 2.75) is 288 Å². The summed E-state index contributed by atoms with van der Waals surface area (Å²) in [5.41, 5.74) is 5.66. The van der Waals surface area contributed by atoms with Gasteiger partial charge in [-0.3, -0.25) is 0 Å². The van der Waals surface area contributed by atoms with Crippen LogP contribution < -0.4 is 0 Å². The molecule has 74 heavy (non-hydrogen) atoms. The molecule has 9 rings (SSSR count). The summed E-state index contributed by atoms with van der Waals surface area (Å²) in [6, 6.07) is 0. The van der Waals surface area contributed by atoms with E-state index in [1.807, 2.05) is 11.1 Å². The summed E-state index contributed by atoms with van der Waals surface area (Å²) in [6.07, 6.45) is 50.0. The zero-order valence-electron chi connectivity index (χ0n) is 51.7. The summed E-state index contributed by atoms with van der Waals surface area (Å²) >= 11 is 0. The summed E-state index contributed by atoms with van der Waals surface area (Å²) in [5.74, 6) is 14.7. The minimum Gasteiger partial charge on any atom is -0.381 e. The summed E-state index contributed by atoms with van der Waals surface area (Å²) in [6.45, 7) is 30.6. The monoisotopic (exact) mass is 1020 g/mol. The Morgan fingerprint density at radius 2 is 0.554 bits per heavy atom. The van der Waals surface area contributed by atoms with Crippen LogP contribution in [0.2, 0.25) is 0 Å². The maximum absolute atomic E-state index is 6.91. The van der Waals surface area contributed by atoms with Gasteiger partial charge in [0, 0.05) is 14.2 Å². The molecule has 9 aliphatic carbocycles. The Morgan fingerprint density at radius 3 is 0.824 bits per heavy atom. The van der Waals surface area contributed by atoms with E-state index in [0.717, 1.165) is 94.7 Å². The number of ether oxygens (including phenoxy) is 2. The Labute approximate surface area is 460 Å². The van der Waals surface area contributed by atoms with E-state index in [4.69, 9.17) is 9.47 Å². The van der Waals surface area contributed by atoms with Crippen LogP contribution in [0.4, 0.5) is 0 Å². The van der Waals surface area contributed by atoms with E-state index in [0.29, 0.717) is 45.7 Å². The molecule has 9 fully saturated rings. The quantitative estimate of drug-likeness (QED) is 0.203. The Bertz CT molecular complexity index is 1620. The second kappa shape index (κ2) is 24.2. The highest BCUT2D eigenvalue weighted by molar-refractivity contribution is 5.20. The molecule has 2 heteroatoms. The van der Waals surface area contributed by atoms with Crippen molar-refractivity contribution in [3.8, 4) is 0 Å². The Balaban J connectivity index is 0.937. The van der Waals surface area contributed by atoms with Crippen LogP contribution >= 0.6 is 0 Å². The molecule has 0 N–H and O–H groups in total. The van der Waals surface area contributed by atoms with Crippen LogP contribution in [0.1, 0.15) is 276 Å². The number of hydrogen-bond acceptors (Lipinski definition) is 2. The van der Waals surface area contributed by atoms with E-state index in [2.05, 4.69) is 109 Å². The van der Waals surface area contributed by atoms with Gasteiger partial charge in [-0.2, -0.15) is 0 Å². The van der Waals surface area contributed by atoms with E-state index < -0.39 is 0 Å². The van der Waals surface area contributed by atoms with Gasteiger partial charge in [0.05, 0.1) is 12.2 Å². The fraction of sp³-hybridized carbons (Fsp3) is 0.944. The van der Waals surface area contributed by atoms with Crippen LogP contribution in [0.5, 0.6) is 0 Å². The molecule has 0 bridgehead atoms. The van der Waals surface area contributed by atoms with Crippen molar-refractivity contribution in [2.24, 2.45) is 128 Å². The van der Waals surface area contributed by atoms with Crippen LogP contribution in [-0.2, 0) is 9.47 Å². The smallest absolute Gasteiger partial charge is 0.0606 e. The summed E-state index contributed by atoms with van der Waals surface area (Å²) in [7, 11) is 4.25. The highest BCUT2D eigenvalue weighted by atomic mass is 16.5. The summed E-state index contributed by atoms with van der Waals surface area (Å²) in [5, 5.41) is 0.